The van der Waals surface area contributed by atoms with Crippen LogP contribution in [0, 0.1) is 9.39 Å². The van der Waals surface area contributed by atoms with E-state index in [9.17, 15) is 9.18 Å². The molecule has 0 fully saturated rings. The Kier molecular flexibility index (Phi) is 4.83. The van der Waals surface area contributed by atoms with E-state index in [-0.39, 0.29) is 17.4 Å². The molecule has 1 aromatic heterocycles. The first kappa shape index (κ1) is 14.6. The molecule has 0 aliphatic heterocycles. The van der Waals surface area contributed by atoms with Gasteiger partial charge in [0.1, 0.15) is 11.6 Å². The van der Waals surface area contributed by atoms with Gasteiger partial charge in [-0.1, -0.05) is 0 Å². The van der Waals surface area contributed by atoms with Crippen molar-refractivity contribution in [2.24, 2.45) is 0 Å². The zero-order chi connectivity index (χ0) is 14.5. The van der Waals surface area contributed by atoms with Gasteiger partial charge in [-0.15, -0.1) is 10.2 Å². The maximum atomic E-state index is 13.0. The molecule has 1 heterocycles. The maximum absolute atomic E-state index is 13.0. The molecule has 5 nitrogen and oxygen atoms in total. The fourth-order valence-electron chi connectivity index (χ4n) is 1.51. The highest BCUT2D eigenvalue weighted by Crippen LogP contribution is 2.19. The highest BCUT2D eigenvalue weighted by atomic mass is 127. The van der Waals surface area contributed by atoms with Crippen LogP contribution in [0.15, 0.2) is 30.3 Å². The molecule has 104 valence electrons. The van der Waals surface area contributed by atoms with Crippen LogP contribution in [0.5, 0.6) is 0 Å². The van der Waals surface area contributed by atoms with Crippen LogP contribution in [0.1, 0.15) is 17.4 Å². The van der Waals surface area contributed by atoms with Gasteiger partial charge in [-0.25, -0.2) is 4.39 Å². The molecule has 0 spiro atoms. The van der Waals surface area contributed by atoms with E-state index >= 15 is 0 Å². The third kappa shape index (κ3) is 3.62. The van der Waals surface area contributed by atoms with Gasteiger partial charge in [-0.3, -0.25) is 4.79 Å². The number of halogens is 2. The first-order chi connectivity index (χ1) is 9.60. The van der Waals surface area contributed by atoms with Crippen LogP contribution in [0.4, 0.5) is 15.9 Å². The van der Waals surface area contributed by atoms with Crippen LogP contribution >= 0.6 is 22.6 Å². The Balaban J connectivity index is 2.11. The molecule has 1 amide bonds. The zero-order valence-electron chi connectivity index (χ0n) is 10.7. The number of carbonyl (C=O) groups is 1. The third-order valence-corrected chi connectivity index (χ3v) is 3.33. The molecule has 0 bridgehead atoms. The number of nitrogens with one attached hydrogen (secondary N) is 2. The summed E-state index contributed by atoms with van der Waals surface area (Å²) in [7, 11) is 0. The topological polar surface area (TPSA) is 66.9 Å². The molecule has 0 radical (unpaired) electrons. The van der Waals surface area contributed by atoms with Crippen LogP contribution < -0.4 is 10.6 Å². The van der Waals surface area contributed by atoms with Crippen LogP contribution in [0.25, 0.3) is 0 Å². The second kappa shape index (κ2) is 6.60. The molecule has 0 unspecified atom stereocenters. The van der Waals surface area contributed by atoms with Crippen molar-refractivity contribution in [2.75, 3.05) is 17.2 Å². The Morgan fingerprint density at radius 3 is 2.70 bits per heavy atom. The van der Waals surface area contributed by atoms with Crippen molar-refractivity contribution in [1.82, 2.24) is 10.2 Å². The summed E-state index contributed by atoms with van der Waals surface area (Å²) in [6.45, 7) is 2.67. The molecule has 1 aromatic carbocycles. The van der Waals surface area contributed by atoms with E-state index in [4.69, 9.17) is 0 Å². The lowest BCUT2D eigenvalue weighted by Gasteiger charge is -2.07. The van der Waals surface area contributed by atoms with Gasteiger partial charge < -0.3 is 10.6 Å². The van der Waals surface area contributed by atoms with Crippen molar-refractivity contribution in [3.8, 4) is 0 Å². The number of anilines is 2. The average Bonchev–Trinajstić information content (AvgIpc) is 2.43. The number of benzene rings is 1. The van der Waals surface area contributed by atoms with Crippen LogP contribution in [0.3, 0.4) is 0 Å². The van der Waals surface area contributed by atoms with Gasteiger partial charge in [-0.2, -0.15) is 0 Å². The monoisotopic (exact) mass is 386 g/mol. The average molecular weight is 386 g/mol. The van der Waals surface area contributed by atoms with Gasteiger partial charge in [0.05, 0.1) is 5.69 Å². The van der Waals surface area contributed by atoms with Crippen molar-refractivity contribution in [3.05, 3.63) is 45.4 Å². The largest absolute Gasteiger partial charge is 0.369 e. The molecule has 2 aromatic rings. The standard InChI is InChI=1S/C13H12FIN4O/c1-2-16-12-6-5-11(18-19-12)13(20)17-10-4-3-8(14)7-9(10)15/h3-7H,2H2,1H3,(H,16,19)(H,17,20). The Morgan fingerprint density at radius 1 is 1.30 bits per heavy atom. The predicted octanol–water partition coefficient (Wildman–Crippen LogP) is 2.90. The zero-order valence-corrected chi connectivity index (χ0v) is 12.8. The minimum absolute atomic E-state index is 0.201. The van der Waals surface area contributed by atoms with Gasteiger partial charge in [-0.05, 0) is 59.8 Å². The number of carbonyl (C=O) groups excluding carboxylic acids is 1. The lowest BCUT2D eigenvalue weighted by atomic mass is 10.3. The Hall–Kier alpha value is -1.77. The summed E-state index contributed by atoms with van der Waals surface area (Å²) < 4.78 is 13.6. The summed E-state index contributed by atoms with van der Waals surface area (Å²) in [5.74, 6) is -0.118. The van der Waals surface area contributed by atoms with E-state index in [0.717, 1.165) is 6.54 Å². The van der Waals surface area contributed by atoms with Crippen LogP contribution in [-0.4, -0.2) is 22.6 Å². The van der Waals surface area contributed by atoms with Gasteiger partial charge in [0, 0.05) is 10.1 Å². The molecule has 0 saturated heterocycles. The molecule has 2 rings (SSSR count). The molecular formula is C13H12FIN4O. The summed E-state index contributed by atoms with van der Waals surface area (Å²) in [4.78, 5) is 12.0. The number of nitrogens with zero attached hydrogens (tertiary/aromatic N) is 2. The number of amides is 1. The van der Waals surface area contributed by atoms with Gasteiger partial charge >= 0.3 is 0 Å². The second-order valence-corrected chi connectivity index (χ2v) is 5.07. The van der Waals surface area contributed by atoms with Gasteiger partial charge in [0.2, 0.25) is 0 Å². The second-order valence-electron chi connectivity index (χ2n) is 3.91. The Labute approximate surface area is 129 Å². The smallest absolute Gasteiger partial charge is 0.276 e. The highest BCUT2D eigenvalue weighted by Gasteiger charge is 2.10. The summed E-state index contributed by atoms with van der Waals surface area (Å²) in [6, 6.07) is 7.40. The van der Waals surface area contributed by atoms with Crippen LogP contribution in [0.2, 0.25) is 0 Å². The molecule has 7 heteroatoms. The van der Waals surface area contributed by atoms with Crippen LogP contribution in [-0.2, 0) is 0 Å². The summed E-state index contributed by atoms with van der Waals surface area (Å²) >= 11 is 1.95. The van der Waals surface area contributed by atoms with E-state index in [1.54, 1.807) is 12.1 Å². The molecular weight excluding hydrogens is 374 g/mol. The fraction of sp³-hybridized carbons (Fsp3) is 0.154. The first-order valence-corrected chi connectivity index (χ1v) is 7.02. The number of hydrogen-bond acceptors (Lipinski definition) is 4. The van der Waals surface area contributed by atoms with E-state index in [2.05, 4.69) is 20.8 Å². The predicted molar refractivity (Wildman–Crippen MR) is 83.3 cm³/mol. The molecule has 0 aliphatic carbocycles. The SMILES string of the molecule is CCNc1ccc(C(=O)Nc2ccc(F)cc2I)nn1. The van der Waals surface area contributed by atoms with E-state index in [1.807, 2.05) is 29.5 Å². The molecule has 2 N–H and O–H groups in total. The number of hydrogen-bond donors (Lipinski definition) is 2. The van der Waals surface area contributed by atoms with Crippen molar-refractivity contribution in [2.45, 2.75) is 6.92 Å². The van der Waals surface area contributed by atoms with E-state index in [0.29, 0.717) is 15.1 Å². The van der Waals surface area contributed by atoms with Crippen molar-refractivity contribution in [1.29, 1.82) is 0 Å². The number of rotatable bonds is 4. The van der Waals surface area contributed by atoms with E-state index in [1.165, 1.54) is 18.2 Å². The normalized spacial score (nSPS) is 10.2. The van der Waals surface area contributed by atoms with Gasteiger partial charge in [0.25, 0.3) is 5.91 Å². The Morgan fingerprint density at radius 2 is 2.10 bits per heavy atom. The minimum atomic E-state index is -0.384. The maximum Gasteiger partial charge on any atom is 0.276 e. The quantitative estimate of drug-likeness (QED) is 0.794. The molecule has 0 atom stereocenters. The number of aromatic nitrogens is 2. The minimum Gasteiger partial charge on any atom is -0.369 e. The Bertz CT molecular complexity index is 618. The lowest BCUT2D eigenvalue weighted by Crippen LogP contribution is -2.15. The van der Waals surface area contributed by atoms with Crippen molar-refractivity contribution < 1.29 is 9.18 Å². The summed E-state index contributed by atoms with van der Waals surface area (Å²) in [5.41, 5.74) is 0.737. The molecule has 0 saturated carbocycles. The van der Waals surface area contributed by atoms with E-state index < -0.39 is 0 Å². The molecule has 0 aliphatic rings. The first-order valence-electron chi connectivity index (χ1n) is 5.94. The molecule has 20 heavy (non-hydrogen) atoms. The third-order valence-electron chi connectivity index (χ3n) is 2.43. The van der Waals surface area contributed by atoms with Gasteiger partial charge in [0.15, 0.2) is 5.69 Å². The summed E-state index contributed by atoms with van der Waals surface area (Å²) in [6.07, 6.45) is 0. The lowest BCUT2D eigenvalue weighted by molar-refractivity contribution is 0.102. The highest BCUT2D eigenvalue weighted by molar-refractivity contribution is 14.1. The summed E-state index contributed by atoms with van der Waals surface area (Å²) in [5, 5.41) is 13.4. The fourth-order valence-corrected chi connectivity index (χ4v) is 2.12. The van der Waals surface area contributed by atoms with Crippen molar-refractivity contribution >= 4 is 40.0 Å². The van der Waals surface area contributed by atoms with Crippen molar-refractivity contribution in [3.63, 3.8) is 0 Å².